The lowest BCUT2D eigenvalue weighted by molar-refractivity contribution is -0.141. The van der Waals surface area contributed by atoms with Gasteiger partial charge in [0.05, 0.1) is 24.5 Å². The Balaban J connectivity index is 1.42. The molecule has 0 aliphatic rings. The normalized spacial score (nSPS) is 11.3. The van der Waals surface area contributed by atoms with Gasteiger partial charge >= 0.3 is 5.97 Å². The van der Waals surface area contributed by atoms with Crippen LogP contribution < -0.4 is 4.74 Å². The van der Waals surface area contributed by atoms with Gasteiger partial charge in [-0.2, -0.15) is 10.2 Å². The van der Waals surface area contributed by atoms with E-state index >= 15 is 0 Å². The minimum atomic E-state index is -0.611. The van der Waals surface area contributed by atoms with Crippen LogP contribution in [0.2, 0.25) is 19.1 Å². The predicted octanol–water partition coefficient (Wildman–Crippen LogP) is 3.72. The molecule has 0 fully saturated rings. The third-order valence-electron chi connectivity index (χ3n) is 5.14. The Morgan fingerprint density at radius 3 is 2.70 bits per heavy atom. The van der Waals surface area contributed by atoms with Gasteiger partial charge in [0.15, 0.2) is 0 Å². The first-order chi connectivity index (χ1) is 16.0. The average molecular weight is 466 g/mol. The van der Waals surface area contributed by atoms with Crippen LogP contribution in [0.15, 0.2) is 55.0 Å². The summed E-state index contributed by atoms with van der Waals surface area (Å²) in [5.41, 5.74) is 2.69. The zero-order valence-corrected chi connectivity index (χ0v) is 20.1. The minimum Gasteiger partial charge on any atom is -0.468 e. The van der Waals surface area contributed by atoms with E-state index in [0.717, 1.165) is 34.8 Å². The quantitative estimate of drug-likeness (QED) is 0.200. The van der Waals surface area contributed by atoms with Crippen LogP contribution in [0.25, 0.3) is 22.2 Å². The summed E-state index contributed by atoms with van der Waals surface area (Å²) in [4.78, 5) is 16.0. The summed E-state index contributed by atoms with van der Waals surface area (Å²) in [6.07, 6.45) is 5.21. The van der Waals surface area contributed by atoms with E-state index in [1.807, 2.05) is 41.1 Å². The van der Waals surface area contributed by atoms with Crippen molar-refractivity contribution in [2.75, 3.05) is 13.7 Å². The standard InChI is InChI=1S/C23H27N5O4Si/c1-30-23(29)15-27-20-6-5-19(12-18(20)14-26-27)32-22-7-4-17(13-24-22)21-8-9-25-28(21)16-31-10-11-33(2)3/h4-9,12-14,33H,10-11,15-16H2,1-3H3. The SMILES string of the molecule is COC(=O)Cn1ncc2cc(Oc3ccc(-c4ccnn4COCC[SiH](C)C)cn3)ccc21. The van der Waals surface area contributed by atoms with Gasteiger partial charge in [-0.3, -0.25) is 9.48 Å². The number of nitrogens with zero attached hydrogens (tertiary/aromatic N) is 5. The molecule has 4 rings (SSSR count). The first-order valence-electron chi connectivity index (χ1n) is 10.8. The zero-order chi connectivity index (χ0) is 23.2. The monoisotopic (exact) mass is 465 g/mol. The van der Waals surface area contributed by atoms with Gasteiger partial charge < -0.3 is 14.2 Å². The second kappa shape index (κ2) is 10.4. The molecule has 0 amide bonds. The maximum atomic E-state index is 11.5. The molecule has 10 heteroatoms. The van der Waals surface area contributed by atoms with E-state index in [2.05, 4.69) is 28.3 Å². The number of esters is 1. The van der Waals surface area contributed by atoms with Gasteiger partial charge in [-0.1, -0.05) is 13.1 Å². The molecule has 4 aromatic rings. The second-order valence-corrected chi connectivity index (χ2v) is 11.4. The molecule has 1 aromatic carbocycles. The molecule has 3 heterocycles. The van der Waals surface area contributed by atoms with Crippen molar-refractivity contribution in [1.29, 1.82) is 0 Å². The molecule has 0 aliphatic heterocycles. The van der Waals surface area contributed by atoms with Gasteiger partial charge in [0.25, 0.3) is 0 Å². The molecule has 3 aromatic heterocycles. The number of benzene rings is 1. The second-order valence-electron chi connectivity index (χ2n) is 8.02. The first kappa shape index (κ1) is 22.7. The molecule has 0 saturated heterocycles. The summed E-state index contributed by atoms with van der Waals surface area (Å²) in [6, 6.07) is 12.4. The first-order valence-corrected chi connectivity index (χ1v) is 13.9. The molecule has 0 N–H and O–H groups in total. The average Bonchev–Trinajstić information content (AvgIpc) is 3.44. The van der Waals surface area contributed by atoms with Crippen LogP contribution in [0.4, 0.5) is 0 Å². The number of ether oxygens (including phenoxy) is 3. The Labute approximate surface area is 193 Å². The fraction of sp³-hybridized carbons (Fsp3) is 0.304. The van der Waals surface area contributed by atoms with Crippen LogP contribution in [0.5, 0.6) is 11.6 Å². The molecule has 0 bridgehead atoms. The van der Waals surface area contributed by atoms with E-state index in [-0.39, 0.29) is 12.5 Å². The molecule has 0 aliphatic carbocycles. The fourth-order valence-electron chi connectivity index (χ4n) is 3.31. The van der Waals surface area contributed by atoms with E-state index in [4.69, 9.17) is 14.2 Å². The van der Waals surface area contributed by atoms with E-state index in [9.17, 15) is 4.79 Å². The summed E-state index contributed by atoms with van der Waals surface area (Å²) in [6.45, 7) is 5.87. The summed E-state index contributed by atoms with van der Waals surface area (Å²) in [5.74, 6) is 0.756. The van der Waals surface area contributed by atoms with Crippen molar-refractivity contribution in [3.8, 4) is 22.9 Å². The molecular formula is C23H27N5O4Si. The fourth-order valence-corrected chi connectivity index (χ4v) is 3.94. The van der Waals surface area contributed by atoms with Gasteiger partial charge in [-0.25, -0.2) is 9.67 Å². The zero-order valence-electron chi connectivity index (χ0n) is 19.0. The summed E-state index contributed by atoms with van der Waals surface area (Å²) >= 11 is 0. The smallest absolute Gasteiger partial charge is 0.327 e. The molecule has 0 spiro atoms. The van der Waals surface area contributed by atoms with Crippen molar-refractivity contribution < 1.29 is 19.0 Å². The largest absolute Gasteiger partial charge is 0.468 e. The van der Waals surface area contributed by atoms with Crippen molar-refractivity contribution in [3.63, 3.8) is 0 Å². The topological polar surface area (TPSA) is 93.3 Å². The van der Waals surface area contributed by atoms with Crippen LogP contribution in [-0.4, -0.2) is 53.0 Å². The van der Waals surface area contributed by atoms with E-state index in [0.29, 0.717) is 18.4 Å². The predicted molar refractivity (Wildman–Crippen MR) is 127 cm³/mol. The number of pyridine rings is 1. The molecule has 0 saturated carbocycles. The van der Waals surface area contributed by atoms with Crippen molar-refractivity contribution in [1.82, 2.24) is 24.5 Å². The Hall–Kier alpha value is -3.50. The highest BCUT2D eigenvalue weighted by Crippen LogP contribution is 2.26. The maximum Gasteiger partial charge on any atom is 0.327 e. The number of carbonyl (C=O) groups is 1. The Kier molecular flexibility index (Phi) is 7.15. The lowest BCUT2D eigenvalue weighted by Gasteiger charge is -2.10. The Morgan fingerprint density at radius 1 is 1.06 bits per heavy atom. The molecule has 0 radical (unpaired) electrons. The summed E-state index contributed by atoms with van der Waals surface area (Å²) in [7, 11) is 0.746. The Morgan fingerprint density at radius 2 is 1.94 bits per heavy atom. The minimum absolute atomic E-state index is 0.0598. The van der Waals surface area contributed by atoms with Crippen molar-refractivity contribution >= 4 is 25.7 Å². The third-order valence-corrected chi connectivity index (χ3v) is 6.53. The van der Waals surface area contributed by atoms with Gasteiger partial charge in [0.2, 0.25) is 5.88 Å². The summed E-state index contributed by atoms with van der Waals surface area (Å²) < 4.78 is 19.8. The van der Waals surface area contributed by atoms with Crippen molar-refractivity contribution in [3.05, 3.63) is 55.0 Å². The van der Waals surface area contributed by atoms with Crippen molar-refractivity contribution in [2.24, 2.45) is 0 Å². The van der Waals surface area contributed by atoms with Crippen LogP contribution >= 0.6 is 0 Å². The van der Waals surface area contributed by atoms with E-state index in [1.54, 1.807) is 23.3 Å². The summed E-state index contributed by atoms with van der Waals surface area (Å²) in [5, 5.41) is 9.46. The molecule has 0 atom stereocenters. The van der Waals surface area contributed by atoms with Crippen LogP contribution in [0.1, 0.15) is 0 Å². The highest BCUT2D eigenvalue weighted by molar-refractivity contribution is 6.55. The molecule has 33 heavy (non-hydrogen) atoms. The highest BCUT2D eigenvalue weighted by atomic mass is 28.3. The van der Waals surface area contributed by atoms with E-state index < -0.39 is 8.80 Å². The van der Waals surface area contributed by atoms with E-state index in [1.165, 1.54) is 7.11 Å². The molecule has 0 unspecified atom stereocenters. The van der Waals surface area contributed by atoms with Gasteiger partial charge in [0.1, 0.15) is 19.0 Å². The number of carbonyl (C=O) groups excluding carboxylic acids is 1. The molecule has 172 valence electrons. The number of hydrogen-bond donors (Lipinski definition) is 0. The number of fused-ring (bicyclic) bond motifs is 1. The lowest BCUT2D eigenvalue weighted by atomic mass is 10.2. The lowest BCUT2D eigenvalue weighted by Crippen LogP contribution is -2.12. The number of methoxy groups -OCH3 is 1. The van der Waals surface area contributed by atoms with Crippen LogP contribution in [0, 0.1) is 0 Å². The van der Waals surface area contributed by atoms with Gasteiger partial charge in [0, 0.05) is 44.8 Å². The number of rotatable bonds is 10. The van der Waals surface area contributed by atoms with Crippen LogP contribution in [-0.2, 0) is 27.5 Å². The van der Waals surface area contributed by atoms with Gasteiger partial charge in [-0.15, -0.1) is 0 Å². The molecular weight excluding hydrogens is 438 g/mol. The number of aromatic nitrogens is 5. The maximum absolute atomic E-state index is 11.5. The van der Waals surface area contributed by atoms with Crippen LogP contribution in [0.3, 0.4) is 0 Å². The van der Waals surface area contributed by atoms with Crippen molar-refractivity contribution in [2.45, 2.75) is 32.4 Å². The highest BCUT2D eigenvalue weighted by Gasteiger charge is 2.10. The number of hydrogen-bond acceptors (Lipinski definition) is 7. The molecule has 9 nitrogen and oxygen atoms in total. The Bertz CT molecular complexity index is 1220. The van der Waals surface area contributed by atoms with Gasteiger partial charge in [-0.05, 0) is 36.4 Å². The third kappa shape index (κ3) is 5.65.